The van der Waals surface area contributed by atoms with E-state index < -0.39 is 12.0 Å². The van der Waals surface area contributed by atoms with Gasteiger partial charge in [-0.25, -0.2) is 4.39 Å². The molecule has 3 aromatic rings. The van der Waals surface area contributed by atoms with E-state index in [0.29, 0.717) is 59.5 Å². The average Bonchev–Trinajstić information content (AvgIpc) is 2.84. The summed E-state index contributed by atoms with van der Waals surface area (Å²) in [5.74, 6) is -1.02. The zero-order valence-electron chi connectivity index (χ0n) is 18.9. The van der Waals surface area contributed by atoms with Gasteiger partial charge in [-0.3, -0.25) is 9.59 Å². The Labute approximate surface area is 197 Å². The van der Waals surface area contributed by atoms with Crippen molar-refractivity contribution in [2.45, 2.75) is 25.3 Å². The molecule has 34 heavy (non-hydrogen) atoms. The standard InChI is InChI=1S/C27H27FN2O4/c1-34-23-10-7-18(16-24(31)32)15-21(23)19-8-9-22(28)20-12-14-29-26(25(19)20)27(33)30-13-11-17-5-3-2-4-6-17/h2-10,15,26,29H,11-14,16H2,1H3,(H,30,33)(H,31,32). The van der Waals surface area contributed by atoms with Crippen LogP contribution in [0.4, 0.5) is 4.39 Å². The van der Waals surface area contributed by atoms with Crippen LogP contribution in [-0.4, -0.2) is 37.2 Å². The molecule has 1 aliphatic rings. The highest BCUT2D eigenvalue weighted by atomic mass is 19.1. The largest absolute Gasteiger partial charge is 0.496 e. The number of aliphatic carboxylic acids is 1. The Hall–Kier alpha value is -3.71. The molecule has 1 unspecified atom stereocenters. The lowest BCUT2D eigenvalue weighted by Crippen LogP contribution is -2.42. The van der Waals surface area contributed by atoms with Crippen LogP contribution in [0.2, 0.25) is 0 Å². The lowest BCUT2D eigenvalue weighted by molar-refractivity contribution is -0.136. The van der Waals surface area contributed by atoms with Crippen LogP contribution in [-0.2, 0) is 28.9 Å². The molecule has 1 heterocycles. The molecule has 0 saturated heterocycles. The van der Waals surface area contributed by atoms with Crippen molar-refractivity contribution in [3.8, 4) is 16.9 Å². The van der Waals surface area contributed by atoms with Crippen LogP contribution in [0.5, 0.6) is 5.75 Å². The number of ether oxygens (including phenoxy) is 1. The number of halogens is 1. The lowest BCUT2D eigenvalue weighted by atomic mass is 9.85. The van der Waals surface area contributed by atoms with Gasteiger partial charge in [0.15, 0.2) is 0 Å². The van der Waals surface area contributed by atoms with E-state index >= 15 is 0 Å². The second kappa shape index (κ2) is 10.5. The van der Waals surface area contributed by atoms with Gasteiger partial charge < -0.3 is 20.5 Å². The molecule has 0 saturated carbocycles. The summed E-state index contributed by atoms with van der Waals surface area (Å²) in [6, 6.07) is 17.3. The van der Waals surface area contributed by atoms with Gasteiger partial charge in [0.1, 0.15) is 17.6 Å². The molecule has 0 aromatic heterocycles. The van der Waals surface area contributed by atoms with Crippen LogP contribution in [0.1, 0.15) is 28.3 Å². The van der Waals surface area contributed by atoms with Gasteiger partial charge in [0, 0.05) is 18.7 Å². The molecule has 0 radical (unpaired) electrons. The number of nitrogens with one attached hydrogen (secondary N) is 2. The number of benzene rings is 3. The van der Waals surface area contributed by atoms with Crippen molar-refractivity contribution < 1.29 is 23.8 Å². The van der Waals surface area contributed by atoms with Gasteiger partial charge in [0.05, 0.1) is 13.5 Å². The fourth-order valence-corrected chi connectivity index (χ4v) is 4.45. The first-order valence-electron chi connectivity index (χ1n) is 11.2. The highest BCUT2D eigenvalue weighted by molar-refractivity contribution is 5.88. The molecular weight excluding hydrogens is 435 g/mol. The quantitative estimate of drug-likeness (QED) is 0.476. The SMILES string of the molecule is COc1ccc(CC(=O)O)cc1-c1ccc(F)c2c1C(C(=O)NCCc1ccccc1)NCC2. The number of fused-ring (bicyclic) bond motifs is 1. The average molecular weight is 463 g/mol. The van der Waals surface area contributed by atoms with Crippen LogP contribution in [0.25, 0.3) is 11.1 Å². The number of amides is 1. The van der Waals surface area contributed by atoms with Gasteiger partial charge >= 0.3 is 5.97 Å². The van der Waals surface area contributed by atoms with Crippen LogP contribution < -0.4 is 15.4 Å². The van der Waals surface area contributed by atoms with Crippen LogP contribution >= 0.6 is 0 Å². The molecule has 0 spiro atoms. The Bertz CT molecular complexity index is 1200. The summed E-state index contributed by atoms with van der Waals surface area (Å²) in [5.41, 5.74) is 4.04. The molecule has 1 atom stereocenters. The predicted molar refractivity (Wildman–Crippen MR) is 127 cm³/mol. The zero-order valence-corrected chi connectivity index (χ0v) is 18.9. The van der Waals surface area contributed by atoms with Gasteiger partial charge in [0.25, 0.3) is 0 Å². The van der Waals surface area contributed by atoms with E-state index in [1.54, 1.807) is 24.3 Å². The maximum Gasteiger partial charge on any atom is 0.307 e. The topological polar surface area (TPSA) is 87.7 Å². The summed E-state index contributed by atoms with van der Waals surface area (Å²) in [6.07, 6.45) is 0.981. The Morgan fingerprint density at radius 2 is 1.88 bits per heavy atom. The number of methoxy groups -OCH3 is 1. The molecule has 0 bridgehead atoms. The van der Waals surface area contributed by atoms with Gasteiger partial charge in [-0.1, -0.05) is 42.5 Å². The van der Waals surface area contributed by atoms with Crippen LogP contribution in [0, 0.1) is 5.82 Å². The molecule has 7 heteroatoms. The fraction of sp³-hybridized carbons (Fsp3) is 0.259. The van der Waals surface area contributed by atoms with Gasteiger partial charge in [-0.15, -0.1) is 0 Å². The van der Waals surface area contributed by atoms with Crippen molar-refractivity contribution in [2.24, 2.45) is 0 Å². The normalized spacial score (nSPS) is 14.8. The minimum absolute atomic E-state index is 0.151. The minimum Gasteiger partial charge on any atom is -0.496 e. The summed E-state index contributed by atoms with van der Waals surface area (Å²) in [5, 5.41) is 15.4. The molecule has 0 aliphatic carbocycles. The Balaban J connectivity index is 1.68. The van der Waals surface area contributed by atoms with Crippen molar-refractivity contribution in [2.75, 3.05) is 20.2 Å². The molecule has 4 rings (SSSR count). The van der Waals surface area contributed by atoms with Crippen LogP contribution in [0.15, 0.2) is 60.7 Å². The number of carbonyl (C=O) groups is 2. The molecule has 1 amide bonds. The van der Waals surface area contributed by atoms with E-state index in [1.165, 1.54) is 13.2 Å². The van der Waals surface area contributed by atoms with Crippen molar-refractivity contribution >= 4 is 11.9 Å². The van der Waals surface area contributed by atoms with Crippen molar-refractivity contribution in [1.29, 1.82) is 0 Å². The van der Waals surface area contributed by atoms with E-state index in [2.05, 4.69) is 10.6 Å². The first-order valence-corrected chi connectivity index (χ1v) is 11.2. The van der Waals surface area contributed by atoms with Gasteiger partial charge in [-0.05, 0) is 58.9 Å². The van der Waals surface area contributed by atoms with Crippen molar-refractivity contribution in [3.05, 3.63) is 88.7 Å². The number of rotatable bonds is 8. The maximum atomic E-state index is 14.8. The van der Waals surface area contributed by atoms with E-state index in [4.69, 9.17) is 4.74 Å². The van der Waals surface area contributed by atoms with Crippen LogP contribution in [0.3, 0.4) is 0 Å². The monoisotopic (exact) mass is 462 g/mol. The number of hydrogen-bond acceptors (Lipinski definition) is 4. The highest BCUT2D eigenvalue weighted by Crippen LogP contribution is 2.39. The Kier molecular flexibility index (Phi) is 7.23. The molecule has 6 nitrogen and oxygen atoms in total. The number of hydrogen-bond donors (Lipinski definition) is 3. The summed E-state index contributed by atoms with van der Waals surface area (Å²) < 4.78 is 20.4. The molecule has 0 fully saturated rings. The second-order valence-electron chi connectivity index (χ2n) is 8.26. The summed E-state index contributed by atoms with van der Waals surface area (Å²) in [7, 11) is 1.53. The first kappa shape index (κ1) is 23.4. The summed E-state index contributed by atoms with van der Waals surface area (Å²) >= 11 is 0. The molecular formula is C27H27FN2O4. The third-order valence-corrected chi connectivity index (χ3v) is 6.04. The minimum atomic E-state index is -0.949. The molecule has 176 valence electrons. The number of carboxylic acids is 1. The van der Waals surface area contributed by atoms with Crippen molar-refractivity contribution in [1.82, 2.24) is 10.6 Å². The van der Waals surface area contributed by atoms with Gasteiger partial charge in [0.2, 0.25) is 5.91 Å². The zero-order chi connectivity index (χ0) is 24.1. The predicted octanol–water partition coefficient (Wildman–Crippen LogP) is 3.67. The fourth-order valence-electron chi connectivity index (χ4n) is 4.45. The number of carboxylic acid groups (broad SMARTS) is 1. The summed E-state index contributed by atoms with van der Waals surface area (Å²) in [6.45, 7) is 0.929. The number of carbonyl (C=O) groups excluding carboxylic acids is 1. The Morgan fingerprint density at radius 1 is 1.09 bits per heavy atom. The third kappa shape index (κ3) is 5.10. The van der Waals surface area contributed by atoms with Crippen molar-refractivity contribution in [3.63, 3.8) is 0 Å². The molecule has 1 aliphatic heterocycles. The van der Waals surface area contributed by atoms with E-state index in [9.17, 15) is 19.1 Å². The lowest BCUT2D eigenvalue weighted by Gasteiger charge is -2.29. The smallest absolute Gasteiger partial charge is 0.307 e. The maximum absolute atomic E-state index is 14.8. The van der Waals surface area contributed by atoms with E-state index in [-0.39, 0.29) is 18.1 Å². The summed E-state index contributed by atoms with van der Waals surface area (Å²) in [4.78, 5) is 24.5. The first-order chi connectivity index (χ1) is 16.5. The van der Waals surface area contributed by atoms with Gasteiger partial charge in [-0.2, -0.15) is 0 Å². The second-order valence-corrected chi connectivity index (χ2v) is 8.26. The Morgan fingerprint density at radius 3 is 2.62 bits per heavy atom. The van der Waals surface area contributed by atoms with E-state index in [0.717, 1.165) is 5.56 Å². The highest BCUT2D eigenvalue weighted by Gasteiger charge is 2.31. The molecule has 3 aromatic carbocycles. The third-order valence-electron chi connectivity index (χ3n) is 6.04. The molecule has 3 N–H and O–H groups in total. The van der Waals surface area contributed by atoms with E-state index in [1.807, 2.05) is 30.3 Å².